The standard InChI is InChI=1S/C18H19NO2/c20-9-8-19-13-15-6-7-16-12-17(21-18(16)11-15)10-14-4-2-1-3-5-14/h1-7,11-12,19-20H,8-10,13H2. The smallest absolute Gasteiger partial charge is 0.134 e. The van der Waals surface area contributed by atoms with Crippen LogP contribution >= 0.6 is 0 Å². The highest BCUT2D eigenvalue weighted by atomic mass is 16.3. The molecule has 0 bridgehead atoms. The number of rotatable bonds is 6. The highest BCUT2D eigenvalue weighted by Crippen LogP contribution is 2.22. The van der Waals surface area contributed by atoms with Crippen molar-refractivity contribution in [3.8, 4) is 0 Å². The SMILES string of the molecule is OCCNCc1ccc2cc(Cc3ccccc3)oc2c1. The van der Waals surface area contributed by atoms with Gasteiger partial charge in [0.2, 0.25) is 0 Å². The first-order valence-corrected chi connectivity index (χ1v) is 7.22. The van der Waals surface area contributed by atoms with Gasteiger partial charge in [0.1, 0.15) is 11.3 Å². The number of benzene rings is 2. The second-order valence-corrected chi connectivity index (χ2v) is 5.15. The summed E-state index contributed by atoms with van der Waals surface area (Å²) in [6, 6.07) is 18.7. The van der Waals surface area contributed by atoms with E-state index in [0.29, 0.717) is 6.54 Å². The molecule has 2 aromatic carbocycles. The van der Waals surface area contributed by atoms with Crippen molar-refractivity contribution in [2.45, 2.75) is 13.0 Å². The van der Waals surface area contributed by atoms with E-state index in [2.05, 4.69) is 41.7 Å². The molecule has 21 heavy (non-hydrogen) atoms. The minimum Gasteiger partial charge on any atom is -0.461 e. The summed E-state index contributed by atoms with van der Waals surface area (Å²) >= 11 is 0. The van der Waals surface area contributed by atoms with Gasteiger partial charge in [-0.05, 0) is 23.3 Å². The molecular weight excluding hydrogens is 262 g/mol. The minimum atomic E-state index is 0.157. The molecule has 2 N–H and O–H groups in total. The summed E-state index contributed by atoms with van der Waals surface area (Å²) in [5, 5.41) is 13.1. The molecule has 3 rings (SSSR count). The lowest BCUT2D eigenvalue weighted by Crippen LogP contribution is -2.17. The fourth-order valence-electron chi connectivity index (χ4n) is 2.44. The fraction of sp³-hybridized carbons (Fsp3) is 0.222. The molecule has 0 radical (unpaired) electrons. The third-order valence-corrected chi connectivity index (χ3v) is 3.47. The van der Waals surface area contributed by atoms with Crippen LogP contribution in [0.2, 0.25) is 0 Å². The summed E-state index contributed by atoms with van der Waals surface area (Å²) in [6.45, 7) is 1.50. The molecular formula is C18H19NO2. The van der Waals surface area contributed by atoms with E-state index >= 15 is 0 Å². The van der Waals surface area contributed by atoms with Gasteiger partial charge in [-0.2, -0.15) is 0 Å². The lowest BCUT2D eigenvalue weighted by atomic mass is 10.1. The fourth-order valence-corrected chi connectivity index (χ4v) is 2.44. The second-order valence-electron chi connectivity index (χ2n) is 5.15. The van der Waals surface area contributed by atoms with Crippen LogP contribution in [0.25, 0.3) is 11.0 Å². The number of aliphatic hydroxyl groups excluding tert-OH is 1. The van der Waals surface area contributed by atoms with Crippen molar-refractivity contribution in [1.82, 2.24) is 5.32 Å². The van der Waals surface area contributed by atoms with E-state index in [0.717, 1.165) is 35.3 Å². The Bertz CT molecular complexity index is 704. The highest BCUT2D eigenvalue weighted by Gasteiger charge is 2.05. The molecule has 0 aliphatic carbocycles. The number of hydrogen-bond donors (Lipinski definition) is 2. The van der Waals surface area contributed by atoms with E-state index in [1.807, 2.05) is 18.2 Å². The Morgan fingerprint density at radius 3 is 2.62 bits per heavy atom. The molecule has 0 spiro atoms. The molecule has 108 valence electrons. The van der Waals surface area contributed by atoms with Crippen molar-refractivity contribution < 1.29 is 9.52 Å². The maximum atomic E-state index is 8.78. The van der Waals surface area contributed by atoms with Gasteiger partial charge in [-0.25, -0.2) is 0 Å². The van der Waals surface area contributed by atoms with Gasteiger partial charge in [-0.1, -0.05) is 42.5 Å². The zero-order valence-electron chi connectivity index (χ0n) is 11.9. The molecule has 3 heteroatoms. The molecule has 0 fully saturated rings. The zero-order valence-corrected chi connectivity index (χ0v) is 11.9. The molecule has 3 nitrogen and oxygen atoms in total. The van der Waals surface area contributed by atoms with Gasteiger partial charge in [-0.3, -0.25) is 0 Å². The van der Waals surface area contributed by atoms with Gasteiger partial charge in [0, 0.05) is 24.9 Å². The quantitative estimate of drug-likeness (QED) is 0.682. The van der Waals surface area contributed by atoms with E-state index in [-0.39, 0.29) is 6.61 Å². The zero-order chi connectivity index (χ0) is 14.5. The van der Waals surface area contributed by atoms with Crippen molar-refractivity contribution in [1.29, 1.82) is 0 Å². The van der Waals surface area contributed by atoms with Gasteiger partial charge < -0.3 is 14.8 Å². The van der Waals surface area contributed by atoms with Crippen LogP contribution in [0.3, 0.4) is 0 Å². The Morgan fingerprint density at radius 2 is 1.81 bits per heavy atom. The molecule has 0 saturated heterocycles. The number of nitrogens with one attached hydrogen (secondary N) is 1. The van der Waals surface area contributed by atoms with Crippen LogP contribution in [0.5, 0.6) is 0 Å². The molecule has 1 heterocycles. The van der Waals surface area contributed by atoms with Crippen molar-refractivity contribution in [3.63, 3.8) is 0 Å². The molecule has 0 aliphatic rings. The van der Waals surface area contributed by atoms with Crippen LogP contribution in [-0.4, -0.2) is 18.3 Å². The molecule has 0 aliphatic heterocycles. The van der Waals surface area contributed by atoms with Gasteiger partial charge >= 0.3 is 0 Å². The number of fused-ring (bicyclic) bond motifs is 1. The van der Waals surface area contributed by atoms with Crippen LogP contribution < -0.4 is 5.32 Å². The highest BCUT2D eigenvalue weighted by molar-refractivity contribution is 5.78. The Hall–Kier alpha value is -2.10. The summed E-state index contributed by atoms with van der Waals surface area (Å²) in [6.07, 6.45) is 0.813. The Morgan fingerprint density at radius 1 is 0.952 bits per heavy atom. The molecule has 0 saturated carbocycles. The summed E-state index contributed by atoms with van der Waals surface area (Å²) < 4.78 is 5.94. The maximum Gasteiger partial charge on any atom is 0.134 e. The lowest BCUT2D eigenvalue weighted by Gasteiger charge is -2.02. The summed E-state index contributed by atoms with van der Waals surface area (Å²) in [5.41, 5.74) is 3.34. The largest absolute Gasteiger partial charge is 0.461 e. The predicted molar refractivity (Wildman–Crippen MR) is 84.3 cm³/mol. The van der Waals surface area contributed by atoms with E-state index < -0.39 is 0 Å². The van der Waals surface area contributed by atoms with Crippen molar-refractivity contribution in [3.05, 3.63) is 71.5 Å². The van der Waals surface area contributed by atoms with Gasteiger partial charge in [0.15, 0.2) is 0 Å². The molecule has 1 aromatic heterocycles. The summed E-state index contributed by atoms with van der Waals surface area (Å²) in [7, 11) is 0. The predicted octanol–water partition coefficient (Wildman–Crippen LogP) is 3.11. The maximum absolute atomic E-state index is 8.78. The third kappa shape index (κ3) is 3.51. The van der Waals surface area contributed by atoms with E-state index in [9.17, 15) is 0 Å². The molecule has 3 aromatic rings. The topological polar surface area (TPSA) is 45.4 Å². The molecule has 0 unspecified atom stereocenters. The molecule has 0 atom stereocenters. The van der Waals surface area contributed by atoms with E-state index in [4.69, 9.17) is 9.52 Å². The first kappa shape index (κ1) is 13.9. The van der Waals surface area contributed by atoms with Gasteiger partial charge in [-0.15, -0.1) is 0 Å². The summed E-state index contributed by atoms with van der Waals surface area (Å²) in [4.78, 5) is 0. The van der Waals surface area contributed by atoms with Crippen molar-refractivity contribution >= 4 is 11.0 Å². The number of furan rings is 1. The van der Waals surface area contributed by atoms with Crippen molar-refractivity contribution in [2.75, 3.05) is 13.2 Å². The normalized spacial score (nSPS) is 11.1. The van der Waals surface area contributed by atoms with Crippen LogP contribution in [0.4, 0.5) is 0 Å². The van der Waals surface area contributed by atoms with Gasteiger partial charge in [0.25, 0.3) is 0 Å². The van der Waals surface area contributed by atoms with E-state index in [1.165, 1.54) is 5.56 Å². The van der Waals surface area contributed by atoms with Gasteiger partial charge in [0.05, 0.1) is 6.61 Å². The summed E-state index contributed by atoms with van der Waals surface area (Å²) in [5.74, 6) is 0.983. The van der Waals surface area contributed by atoms with Crippen LogP contribution in [-0.2, 0) is 13.0 Å². The molecule has 0 amide bonds. The Kier molecular flexibility index (Phi) is 4.34. The van der Waals surface area contributed by atoms with Crippen molar-refractivity contribution in [2.24, 2.45) is 0 Å². The van der Waals surface area contributed by atoms with Crippen LogP contribution in [0.1, 0.15) is 16.9 Å². The van der Waals surface area contributed by atoms with E-state index in [1.54, 1.807) is 0 Å². The minimum absolute atomic E-state index is 0.157. The van der Waals surface area contributed by atoms with Crippen LogP contribution in [0, 0.1) is 0 Å². The Balaban J connectivity index is 1.76. The third-order valence-electron chi connectivity index (χ3n) is 3.47. The first-order chi connectivity index (χ1) is 10.3. The second kappa shape index (κ2) is 6.57. The lowest BCUT2D eigenvalue weighted by molar-refractivity contribution is 0.292. The number of hydrogen-bond acceptors (Lipinski definition) is 3. The van der Waals surface area contributed by atoms with Crippen LogP contribution in [0.15, 0.2) is 59.0 Å². The number of aliphatic hydroxyl groups is 1. The first-order valence-electron chi connectivity index (χ1n) is 7.22. The average molecular weight is 281 g/mol. The average Bonchev–Trinajstić information content (AvgIpc) is 2.90. The monoisotopic (exact) mass is 281 g/mol. The Labute approximate surface area is 124 Å².